The molecule has 206 valence electrons. The Morgan fingerprint density at radius 2 is 1.74 bits per heavy atom. The minimum atomic E-state index is -4.71. The number of aromatic nitrogens is 1. The predicted octanol–water partition coefficient (Wildman–Crippen LogP) is 7.29. The lowest BCUT2D eigenvalue weighted by atomic mass is 10.0. The first-order valence-corrected chi connectivity index (χ1v) is 13.6. The summed E-state index contributed by atoms with van der Waals surface area (Å²) >= 11 is 6.31. The molecule has 1 saturated heterocycles. The number of nitrogens with one attached hydrogen (secondary N) is 1. The van der Waals surface area contributed by atoms with Gasteiger partial charge in [0, 0.05) is 54.9 Å². The van der Waals surface area contributed by atoms with Gasteiger partial charge in [0.2, 0.25) is 0 Å². The number of nitrogens with two attached hydrogens (primary N) is 1. The van der Waals surface area contributed by atoms with E-state index in [1.54, 1.807) is 12.1 Å². The van der Waals surface area contributed by atoms with Gasteiger partial charge < -0.3 is 20.4 Å². The summed E-state index contributed by atoms with van der Waals surface area (Å²) in [4.78, 5) is 2.46. The van der Waals surface area contributed by atoms with Crippen molar-refractivity contribution in [2.45, 2.75) is 44.8 Å². The summed E-state index contributed by atoms with van der Waals surface area (Å²) in [6.45, 7) is 4.14. The van der Waals surface area contributed by atoms with Gasteiger partial charge in [-0.25, -0.2) is 0 Å². The molecule has 39 heavy (non-hydrogen) atoms. The van der Waals surface area contributed by atoms with Gasteiger partial charge in [-0.1, -0.05) is 41.9 Å². The van der Waals surface area contributed by atoms with Crippen LogP contribution in [0, 0.1) is 0 Å². The molecule has 9 heteroatoms. The number of hydrogen-bond acceptors (Lipinski definition) is 4. The van der Waals surface area contributed by atoms with Gasteiger partial charge in [-0.3, -0.25) is 4.90 Å². The van der Waals surface area contributed by atoms with Crippen LogP contribution >= 0.6 is 11.6 Å². The molecule has 1 aromatic heterocycles. The Labute approximate surface area is 231 Å². The first-order valence-electron chi connectivity index (χ1n) is 13.2. The molecule has 5 rings (SSSR count). The molecule has 0 amide bonds. The summed E-state index contributed by atoms with van der Waals surface area (Å²) in [5, 5.41) is 5.39. The van der Waals surface area contributed by atoms with Crippen molar-refractivity contribution in [3.63, 3.8) is 0 Å². The average Bonchev–Trinajstić information content (AvgIpc) is 3.27. The molecule has 0 aliphatic carbocycles. The quantitative estimate of drug-likeness (QED) is 0.227. The van der Waals surface area contributed by atoms with Crippen molar-refractivity contribution in [2.75, 3.05) is 25.0 Å². The van der Waals surface area contributed by atoms with Crippen molar-refractivity contribution in [3.05, 3.63) is 83.5 Å². The van der Waals surface area contributed by atoms with Crippen molar-refractivity contribution in [3.8, 4) is 16.9 Å². The Hall–Kier alpha value is -3.20. The number of benzene rings is 3. The van der Waals surface area contributed by atoms with Crippen LogP contribution in [0.2, 0.25) is 5.02 Å². The number of alkyl halides is 3. The van der Waals surface area contributed by atoms with E-state index in [1.807, 2.05) is 24.3 Å². The van der Waals surface area contributed by atoms with Crippen molar-refractivity contribution in [1.29, 1.82) is 0 Å². The van der Waals surface area contributed by atoms with Crippen molar-refractivity contribution >= 4 is 28.2 Å². The second kappa shape index (κ2) is 11.9. The van der Waals surface area contributed by atoms with E-state index >= 15 is 0 Å². The van der Waals surface area contributed by atoms with Gasteiger partial charge in [0.05, 0.1) is 10.7 Å². The number of nitrogens with zero attached hydrogens (tertiary/aromatic N) is 2. The van der Waals surface area contributed by atoms with Gasteiger partial charge in [-0.2, -0.15) is 0 Å². The monoisotopic (exact) mass is 556 g/mol. The van der Waals surface area contributed by atoms with Crippen molar-refractivity contribution < 1.29 is 17.9 Å². The maximum atomic E-state index is 12.6. The van der Waals surface area contributed by atoms with Gasteiger partial charge in [0.15, 0.2) is 0 Å². The van der Waals surface area contributed by atoms with Gasteiger partial charge in [0.25, 0.3) is 0 Å². The fourth-order valence-corrected chi connectivity index (χ4v) is 5.44. The van der Waals surface area contributed by atoms with E-state index in [0.717, 1.165) is 78.2 Å². The number of anilines is 1. The summed E-state index contributed by atoms with van der Waals surface area (Å²) in [5.41, 5.74) is 10.8. The summed E-state index contributed by atoms with van der Waals surface area (Å²) < 4.78 is 44.1. The van der Waals surface area contributed by atoms with Gasteiger partial charge >= 0.3 is 6.36 Å². The summed E-state index contributed by atoms with van der Waals surface area (Å²) in [5.74, 6) is -0.230. The molecule has 2 heterocycles. The molecule has 0 unspecified atom stereocenters. The molecule has 5 nitrogen and oxygen atoms in total. The van der Waals surface area contributed by atoms with E-state index in [-0.39, 0.29) is 5.75 Å². The fraction of sp³-hybridized carbons (Fsp3) is 0.333. The number of piperidine rings is 1. The van der Waals surface area contributed by atoms with E-state index < -0.39 is 6.36 Å². The lowest BCUT2D eigenvalue weighted by molar-refractivity contribution is -0.274. The Morgan fingerprint density at radius 1 is 1.00 bits per heavy atom. The molecule has 1 aliphatic rings. The fourth-order valence-electron chi connectivity index (χ4n) is 5.25. The zero-order valence-corrected chi connectivity index (χ0v) is 22.3. The van der Waals surface area contributed by atoms with Crippen LogP contribution in [0.3, 0.4) is 0 Å². The summed E-state index contributed by atoms with van der Waals surface area (Å²) in [6, 6.07) is 20.8. The Balaban J connectivity index is 1.32. The molecule has 0 saturated carbocycles. The third-order valence-electron chi connectivity index (χ3n) is 7.17. The maximum Gasteiger partial charge on any atom is 0.573 e. The highest BCUT2D eigenvalue weighted by Crippen LogP contribution is 2.34. The van der Waals surface area contributed by atoms with E-state index in [4.69, 9.17) is 17.3 Å². The number of halogens is 4. The van der Waals surface area contributed by atoms with E-state index in [2.05, 4.69) is 43.9 Å². The number of fused-ring (bicyclic) bond motifs is 1. The van der Waals surface area contributed by atoms with Gasteiger partial charge in [0.1, 0.15) is 5.75 Å². The molecule has 1 aliphatic heterocycles. The number of para-hydroxylation sites is 1. The summed E-state index contributed by atoms with van der Waals surface area (Å²) in [6.07, 6.45) is 0.241. The molecule has 3 aromatic carbocycles. The standard InChI is InChI=1S/C30H32ClF3N4O/c31-27-4-1-2-5-28(27)36-23-12-16-37(17-13-23)19-21-6-11-29-25(18-21)26(20-38(29)15-3-14-35)22-7-9-24(10-8-22)39-30(32,33)34/h1-2,4-11,18,20,23,36H,3,12-17,19,35H2. The minimum absolute atomic E-state index is 0.230. The van der Waals surface area contributed by atoms with Gasteiger partial charge in [-0.15, -0.1) is 13.2 Å². The molecule has 3 N–H and O–H groups in total. The number of likely N-dealkylation sites (tertiary alicyclic amines) is 1. The van der Waals surface area contributed by atoms with E-state index in [0.29, 0.717) is 12.6 Å². The van der Waals surface area contributed by atoms with Crippen molar-refractivity contribution in [2.24, 2.45) is 5.73 Å². The molecule has 0 spiro atoms. The third-order valence-corrected chi connectivity index (χ3v) is 7.50. The van der Waals surface area contributed by atoms with Crippen LogP contribution in [0.25, 0.3) is 22.0 Å². The zero-order valence-electron chi connectivity index (χ0n) is 21.6. The molecule has 0 atom stereocenters. The van der Waals surface area contributed by atoms with Crippen LogP contribution in [0.15, 0.2) is 72.9 Å². The number of ether oxygens (including phenoxy) is 1. The highest BCUT2D eigenvalue weighted by Gasteiger charge is 2.31. The van der Waals surface area contributed by atoms with E-state index in [1.165, 1.54) is 17.7 Å². The van der Waals surface area contributed by atoms with Crippen LogP contribution in [0.5, 0.6) is 5.75 Å². The SMILES string of the molecule is NCCCn1cc(-c2ccc(OC(F)(F)F)cc2)c2cc(CN3CCC(Nc4ccccc4Cl)CC3)ccc21. The minimum Gasteiger partial charge on any atom is -0.406 e. The molecule has 1 fully saturated rings. The number of aryl methyl sites for hydroxylation is 1. The van der Waals surface area contributed by atoms with Crippen LogP contribution in [0.1, 0.15) is 24.8 Å². The Morgan fingerprint density at radius 3 is 2.44 bits per heavy atom. The van der Waals surface area contributed by atoms with Gasteiger partial charge in [-0.05, 0) is 73.3 Å². The largest absolute Gasteiger partial charge is 0.573 e. The van der Waals surface area contributed by atoms with Crippen LogP contribution < -0.4 is 15.8 Å². The lowest BCUT2D eigenvalue weighted by Gasteiger charge is -2.33. The highest BCUT2D eigenvalue weighted by atomic mass is 35.5. The average molecular weight is 557 g/mol. The molecular weight excluding hydrogens is 525 g/mol. The zero-order chi connectivity index (χ0) is 27.4. The second-order valence-electron chi connectivity index (χ2n) is 9.98. The molecule has 4 aromatic rings. The van der Waals surface area contributed by atoms with Crippen LogP contribution in [0.4, 0.5) is 18.9 Å². The topological polar surface area (TPSA) is 55.5 Å². The van der Waals surface area contributed by atoms with Crippen LogP contribution in [-0.2, 0) is 13.1 Å². The number of rotatable bonds is 9. The summed E-state index contributed by atoms with van der Waals surface area (Å²) in [7, 11) is 0. The smallest absolute Gasteiger partial charge is 0.406 e. The molecular formula is C30H32ClF3N4O. The second-order valence-corrected chi connectivity index (χ2v) is 10.4. The lowest BCUT2D eigenvalue weighted by Crippen LogP contribution is -2.38. The first-order chi connectivity index (χ1) is 18.8. The normalized spacial score (nSPS) is 15.1. The van der Waals surface area contributed by atoms with E-state index in [9.17, 15) is 13.2 Å². The molecule has 0 bridgehead atoms. The predicted molar refractivity (Wildman–Crippen MR) is 151 cm³/mol. The van der Waals surface area contributed by atoms with Crippen LogP contribution in [-0.4, -0.2) is 41.5 Å². The Kier molecular flexibility index (Phi) is 8.35. The third kappa shape index (κ3) is 6.87. The number of hydrogen-bond donors (Lipinski definition) is 2. The molecule has 0 radical (unpaired) electrons. The van der Waals surface area contributed by atoms with Crippen molar-refractivity contribution in [1.82, 2.24) is 9.47 Å². The Bertz CT molecular complexity index is 1400. The maximum absolute atomic E-state index is 12.6. The highest BCUT2D eigenvalue weighted by molar-refractivity contribution is 6.33. The first kappa shape index (κ1) is 27.4.